The van der Waals surface area contributed by atoms with Gasteiger partial charge in [0.15, 0.2) is 11.5 Å². The van der Waals surface area contributed by atoms with Gasteiger partial charge in [0, 0.05) is 18.7 Å². The number of urea groups is 1. The van der Waals surface area contributed by atoms with Crippen LogP contribution < -0.4 is 21.8 Å². The third-order valence-corrected chi connectivity index (χ3v) is 3.35. The van der Waals surface area contributed by atoms with Crippen molar-refractivity contribution < 1.29 is 19.0 Å². The van der Waals surface area contributed by atoms with E-state index >= 15 is 0 Å². The van der Waals surface area contributed by atoms with E-state index in [0.717, 1.165) is 5.56 Å². The fourth-order valence-corrected chi connectivity index (χ4v) is 2.19. The zero-order valence-electron chi connectivity index (χ0n) is 12.8. The van der Waals surface area contributed by atoms with Crippen LogP contribution in [0.5, 0.6) is 0 Å². The van der Waals surface area contributed by atoms with E-state index in [1.54, 1.807) is 12.1 Å². The first kappa shape index (κ1) is 16.4. The number of halogens is 1. The molecular weight excluding hydrogens is 333 g/mol. The maximum atomic E-state index is 13.3. The molecule has 11 heteroatoms. The van der Waals surface area contributed by atoms with Crippen LogP contribution in [-0.2, 0) is 0 Å². The van der Waals surface area contributed by atoms with Gasteiger partial charge >= 0.3 is 6.03 Å². The second-order valence-corrected chi connectivity index (χ2v) is 5.01. The van der Waals surface area contributed by atoms with Gasteiger partial charge in [0.05, 0.1) is 5.70 Å². The number of primary amides is 1. The van der Waals surface area contributed by atoms with Gasteiger partial charge < -0.3 is 16.4 Å². The number of hydrogen-bond acceptors (Lipinski definition) is 7. The Morgan fingerprint density at radius 2 is 2.20 bits per heavy atom. The zero-order chi connectivity index (χ0) is 17.8. The predicted molar refractivity (Wildman–Crippen MR) is 86.1 cm³/mol. The summed E-state index contributed by atoms with van der Waals surface area (Å²) in [6.07, 6.45) is 1.73. The minimum atomic E-state index is -0.651. The number of anilines is 1. The molecule has 0 fully saturated rings. The highest BCUT2D eigenvalue weighted by molar-refractivity contribution is 6.06. The van der Waals surface area contributed by atoms with Crippen LogP contribution in [-0.4, -0.2) is 40.5 Å². The van der Waals surface area contributed by atoms with E-state index in [4.69, 9.17) is 5.73 Å². The Balaban J connectivity index is 1.74. The fourth-order valence-electron chi connectivity index (χ4n) is 2.19. The van der Waals surface area contributed by atoms with E-state index in [1.165, 1.54) is 12.1 Å². The van der Waals surface area contributed by atoms with Gasteiger partial charge in [-0.3, -0.25) is 10.7 Å². The molecule has 1 aromatic carbocycles. The van der Waals surface area contributed by atoms with Crippen molar-refractivity contribution in [2.75, 3.05) is 18.4 Å². The van der Waals surface area contributed by atoms with Crippen LogP contribution in [0.25, 0.3) is 11.8 Å². The number of amidine groups is 1. The van der Waals surface area contributed by atoms with Crippen molar-refractivity contribution in [3.05, 3.63) is 40.8 Å². The number of hydrogen-bond donors (Lipinski definition) is 5. The molecule has 2 aromatic rings. The lowest BCUT2D eigenvalue weighted by atomic mass is 9.94. The highest BCUT2D eigenvalue weighted by Crippen LogP contribution is 2.34. The van der Waals surface area contributed by atoms with Crippen LogP contribution in [0.15, 0.2) is 27.8 Å². The van der Waals surface area contributed by atoms with Gasteiger partial charge in [0.2, 0.25) is 5.82 Å². The monoisotopic (exact) mass is 347 g/mol. The number of rotatable bonds is 6. The first-order valence-electron chi connectivity index (χ1n) is 7.19. The summed E-state index contributed by atoms with van der Waals surface area (Å²) in [5, 5.41) is 21.9. The highest BCUT2D eigenvalue weighted by atomic mass is 19.1. The summed E-state index contributed by atoms with van der Waals surface area (Å²) in [5.74, 6) is -0.218. The molecule has 1 aliphatic rings. The van der Waals surface area contributed by atoms with E-state index in [1.807, 2.05) is 5.48 Å². The van der Waals surface area contributed by atoms with Gasteiger partial charge in [-0.1, -0.05) is 6.07 Å². The molecule has 1 heterocycles. The molecule has 6 N–H and O–H groups in total. The summed E-state index contributed by atoms with van der Waals surface area (Å²) >= 11 is 0. The maximum Gasteiger partial charge on any atom is 0.312 e. The molecule has 0 aliphatic heterocycles. The van der Waals surface area contributed by atoms with Crippen LogP contribution >= 0.6 is 0 Å². The van der Waals surface area contributed by atoms with Gasteiger partial charge in [-0.25, -0.2) is 18.8 Å². The normalized spacial score (nSPS) is 12.7. The number of nitrogens with zero attached hydrogens (tertiary/aromatic N) is 3. The number of aliphatic imine (C=N–C) groups is 1. The summed E-state index contributed by atoms with van der Waals surface area (Å²) < 4.78 is 18.0. The Hall–Kier alpha value is -3.47. The van der Waals surface area contributed by atoms with Crippen molar-refractivity contribution >= 4 is 29.5 Å². The van der Waals surface area contributed by atoms with Gasteiger partial charge in [-0.2, -0.15) is 0 Å². The summed E-state index contributed by atoms with van der Waals surface area (Å²) in [4.78, 5) is 14.8. The van der Waals surface area contributed by atoms with Crippen molar-refractivity contribution in [1.82, 2.24) is 21.1 Å². The zero-order valence-corrected chi connectivity index (χ0v) is 12.8. The Morgan fingerprint density at radius 3 is 2.96 bits per heavy atom. The molecule has 0 saturated heterocycles. The minimum absolute atomic E-state index is 0.0345. The number of amides is 2. The lowest BCUT2D eigenvalue weighted by Gasteiger charge is -2.17. The van der Waals surface area contributed by atoms with Crippen LogP contribution in [0.1, 0.15) is 16.8 Å². The Labute approximate surface area is 140 Å². The molecule has 10 nitrogen and oxygen atoms in total. The fraction of sp³-hybridized carbons (Fsp3) is 0.143. The van der Waals surface area contributed by atoms with Crippen molar-refractivity contribution in [3.63, 3.8) is 0 Å². The van der Waals surface area contributed by atoms with Gasteiger partial charge in [0.25, 0.3) is 0 Å². The quantitative estimate of drug-likeness (QED) is 0.221. The number of fused-ring (bicyclic) bond motifs is 1. The smallest absolute Gasteiger partial charge is 0.312 e. The largest absolute Gasteiger partial charge is 0.363 e. The first-order chi connectivity index (χ1) is 12.1. The van der Waals surface area contributed by atoms with Crippen LogP contribution in [0, 0.1) is 5.82 Å². The van der Waals surface area contributed by atoms with Crippen molar-refractivity contribution in [2.45, 2.75) is 0 Å². The number of aromatic nitrogens is 2. The molecule has 130 valence electrons. The van der Waals surface area contributed by atoms with Crippen LogP contribution in [0.2, 0.25) is 0 Å². The number of carbonyl (C=O) groups excluding carboxylic acids is 1. The van der Waals surface area contributed by atoms with E-state index in [0.29, 0.717) is 17.8 Å². The minimum Gasteiger partial charge on any atom is -0.363 e. The lowest BCUT2D eigenvalue weighted by molar-refractivity contribution is 0.234. The van der Waals surface area contributed by atoms with Crippen molar-refractivity contribution in [2.24, 2.45) is 10.7 Å². The Bertz CT molecular complexity index is 862. The predicted octanol–water partition coefficient (Wildman–Crippen LogP) is 0.526. The molecule has 3 rings (SSSR count). The maximum absolute atomic E-state index is 13.3. The van der Waals surface area contributed by atoms with Gasteiger partial charge in [0.1, 0.15) is 5.82 Å². The van der Waals surface area contributed by atoms with Crippen molar-refractivity contribution in [3.8, 4) is 0 Å². The standard InChI is InChI=1S/C14H14FN7O3/c15-8-2-1-7-5-10(9(7)6-8)19-13(20-24)11-12(22-25-21-11)17-3-4-18-14(16)23/h1-2,5-6,24H,3-4H2,(H,17,22)(H,19,20)(H3,16,18,23). The van der Waals surface area contributed by atoms with E-state index < -0.39 is 6.03 Å². The summed E-state index contributed by atoms with van der Waals surface area (Å²) in [6, 6.07) is 3.68. The molecule has 0 bridgehead atoms. The summed E-state index contributed by atoms with van der Waals surface area (Å²) in [6.45, 7) is 0.540. The molecule has 1 aromatic heterocycles. The van der Waals surface area contributed by atoms with Gasteiger partial charge in [-0.05, 0) is 34.1 Å². The second-order valence-electron chi connectivity index (χ2n) is 5.01. The van der Waals surface area contributed by atoms with E-state index in [2.05, 4.69) is 30.6 Å². The molecule has 0 unspecified atom stereocenters. The number of nitrogens with one attached hydrogen (secondary N) is 3. The third-order valence-electron chi connectivity index (χ3n) is 3.35. The Morgan fingerprint density at radius 1 is 1.36 bits per heavy atom. The molecule has 1 aliphatic carbocycles. The average molecular weight is 347 g/mol. The molecule has 25 heavy (non-hydrogen) atoms. The molecule has 0 radical (unpaired) electrons. The number of benzene rings is 1. The summed E-state index contributed by atoms with van der Waals surface area (Å²) in [5.41, 5.74) is 8.92. The van der Waals surface area contributed by atoms with E-state index in [9.17, 15) is 14.4 Å². The molecule has 0 atom stereocenters. The highest BCUT2D eigenvalue weighted by Gasteiger charge is 2.21. The van der Waals surface area contributed by atoms with Gasteiger partial charge in [-0.15, -0.1) is 0 Å². The first-order valence-corrected chi connectivity index (χ1v) is 7.19. The molecular formula is C14H14FN7O3. The molecule has 0 saturated carbocycles. The molecule has 2 amide bonds. The number of nitrogens with two attached hydrogens (primary N) is 1. The number of carbonyl (C=O) groups is 1. The van der Waals surface area contributed by atoms with Crippen molar-refractivity contribution in [1.29, 1.82) is 0 Å². The second kappa shape index (κ2) is 6.97. The topological polar surface area (TPSA) is 151 Å². The SMILES string of the molecule is NC(=O)NCCNc1nonc1C(=NC1=Cc2ccc(F)cc21)NO. The van der Waals surface area contributed by atoms with E-state index in [-0.39, 0.29) is 29.7 Å². The molecule has 0 spiro atoms. The average Bonchev–Trinajstić information content (AvgIpc) is 3.03. The third kappa shape index (κ3) is 3.55. The Kier molecular flexibility index (Phi) is 4.57. The summed E-state index contributed by atoms with van der Waals surface area (Å²) in [7, 11) is 0. The lowest BCUT2D eigenvalue weighted by Crippen LogP contribution is -2.33. The van der Waals surface area contributed by atoms with Crippen LogP contribution in [0.3, 0.4) is 0 Å². The number of hydroxylamine groups is 1. The van der Waals surface area contributed by atoms with Crippen LogP contribution in [0.4, 0.5) is 15.0 Å².